The fourth-order valence-electron chi connectivity index (χ4n) is 2.38. The van der Waals surface area contributed by atoms with Crippen molar-refractivity contribution in [1.29, 1.82) is 0 Å². The van der Waals surface area contributed by atoms with Crippen LogP contribution in [-0.2, 0) is 9.53 Å². The van der Waals surface area contributed by atoms with Gasteiger partial charge in [-0.1, -0.05) is 6.92 Å². The molecular formula is C12H22N2O2. The average Bonchev–Trinajstić information content (AvgIpc) is 2.24. The van der Waals surface area contributed by atoms with E-state index < -0.39 is 0 Å². The third-order valence-corrected chi connectivity index (χ3v) is 3.73. The molecule has 0 spiro atoms. The van der Waals surface area contributed by atoms with Crippen LogP contribution >= 0.6 is 0 Å². The smallest absolute Gasteiger partial charge is 0.223 e. The molecule has 2 rings (SSSR count). The van der Waals surface area contributed by atoms with Gasteiger partial charge in [-0.25, -0.2) is 0 Å². The molecule has 1 aliphatic carbocycles. The van der Waals surface area contributed by atoms with Crippen molar-refractivity contribution >= 4 is 5.91 Å². The standard InChI is InChI=1S/C12H22N2O2/c1-12(7-16-8-12)6-14-11(15)9-2-4-10(13)5-3-9/h9-10H,2-8,13H2,1H3,(H,14,15). The number of rotatable bonds is 3. The Balaban J connectivity index is 1.71. The number of nitrogens with one attached hydrogen (secondary N) is 1. The monoisotopic (exact) mass is 226 g/mol. The maximum Gasteiger partial charge on any atom is 0.223 e. The Morgan fingerprint density at radius 2 is 2.00 bits per heavy atom. The summed E-state index contributed by atoms with van der Waals surface area (Å²) in [6.07, 6.45) is 3.86. The molecule has 0 radical (unpaired) electrons. The summed E-state index contributed by atoms with van der Waals surface area (Å²) in [6, 6.07) is 0.307. The maximum atomic E-state index is 11.9. The zero-order chi connectivity index (χ0) is 11.6. The van der Waals surface area contributed by atoms with Crippen LogP contribution in [0.4, 0.5) is 0 Å². The van der Waals surface area contributed by atoms with E-state index in [1.54, 1.807) is 0 Å². The Kier molecular flexibility index (Phi) is 3.50. The average molecular weight is 226 g/mol. The van der Waals surface area contributed by atoms with Crippen molar-refractivity contribution in [1.82, 2.24) is 5.32 Å². The molecule has 3 N–H and O–H groups in total. The molecule has 1 aliphatic heterocycles. The predicted octanol–water partition coefficient (Wildman–Crippen LogP) is 0.657. The van der Waals surface area contributed by atoms with Crippen LogP contribution < -0.4 is 11.1 Å². The Morgan fingerprint density at radius 3 is 2.50 bits per heavy atom. The highest BCUT2D eigenvalue weighted by atomic mass is 16.5. The van der Waals surface area contributed by atoms with E-state index in [0.717, 1.165) is 45.4 Å². The van der Waals surface area contributed by atoms with Crippen molar-refractivity contribution < 1.29 is 9.53 Å². The first-order valence-electron chi connectivity index (χ1n) is 6.20. The molecule has 0 atom stereocenters. The normalized spacial score (nSPS) is 32.9. The van der Waals surface area contributed by atoms with E-state index >= 15 is 0 Å². The van der Waals surface area contributed by atoms with Gasteiger partial charge in [-0.15, -0.1) is 0 Å². The highest BCUT2D eigenvalue weighted by Crippen LogP contribution is 2.26. The lowest BCUT2D eigenvalue weighted by molar-refractivity contribution is -0.131. The summed E-state index contributed by atoms with van der Waals surface area (Å²) in [5.41, 5.74) is 5.99. The number of ether oxygens (including phenoxy) is 1. The van der Waals surface area contributed by atoms with Gasteiger partial charge in [0, 0.05) is 23.9 Å². The zero-order valence-corrected chi connectivity index (χ0v) is 10.00. The number of carbonyl (C=O) groups is 1. The molecule has 1 saturated heterocycles. The number of hydrogen-bond donors (Lipinski definition) is 2. The van der Waals surface area contributed by atoms with Crippen LogP contribution in [0.15, 0.2) is 0 Å². The topological polar surface area (TPSA) is 64.4 Å². The molecule has 92 valence electrons. The fraction of sp³-hybridized carbons (Fsp3) is 0.917. The van der Waals surface area contributed by atoms with E-state index in [2.05, 4.69) is 12.2 Å². The predicted molar refractivity (Wildman–Crippen MR) is 61.9 cm³/mol. The van der Waals surface area contributed by atoms with Gasteiger partial charge in [0.1, 0.15) is 0 Å². The van der Waals surface area contributed by atoms with Gasteiger partial charge >= 0.3 is 0 Å². The van der Waals surface area contributed by atoms with Gasteiger partial charge < -0.3 is 15.8 Å². The van der Waals surface area contributed by atoms with Crippen LogP contribution in [0.1, 0.15) is 32.6 Å². The lowest BCUT2D eigenvalue weighted by Crippen LogP contribution is -2.50. The molecule has 0 aromatic carbocycles. The second kappa shape index (κ2) is 4.72. The van der Waals surface area contributed by atoms with E-state index in [-0.39, 0.29) is 17.2 Å². The summed E-state index contributed by atoms with van der Waals surface area (Å²) in [5.74, 6) is 0.393. The minimum absolute atomic E-state index is 0.167. The molecule has 0 unspecified atom stereocenters. The van der Waals surface area contributed by atoms with Gasteiger partial charge in [-0.05, 0) is 25.7 Å². The summed E-state index contributed by atoms with van der Waals surface area (Å²) in [4.78, 5) is 11.9. The van der Waals surface area contributed by atoms with E-state index in [4.69, 9.17) is 10.5 Å². The molecule has 2 aliphatic rings. The highest BCUT2D eigenvalue weighted by molar-refractivity contribution is 5.78. The van der Waals surface area contributed by atoms with E-state index in [0.29, 0.717) is 6.04 Å². The molecule has 0 bridgehead atoms. The molecule has 4 nitrogen and oxygen atoms in total. The molecule has 2 fully saturated rings. The minimum atomic E-state index is 0.167. The van der Waals surface area contributed by atoms with E-state index in [1.807, 2.05) is 0 Å². The summed E-state index contributed by atoms with van der Waals surface area (Å²) in [7, 11) is 0. The van der Waals surface area contributed by atoms with Crippen LogP contribution in [0.25, 0.3) is 0 Å². The lowest BCUT2D eigenvalue weighted by Gasteiger charge is -2.38. The number of hydrogen-bond acceptors (Lipinski definition) is 3. The van der Waals surface area contributed by atoms with Crippen molar-refractivity contribution in [3.63, 3.8) is 0 Å². The molecule has 0 aromatic heterocycles. The fourth-order valence-corrected chi connectivity index (χ4v) is 2.38. The molecule has 0 aromatic rings. The van der Waals surface area contributed by atoms with Crippen LogP contribution in [0.2, 0.25) is 0 Å². The molecular weight excluding hydrogens is 204 g/mol. The highest BCUT2D eigenvalue weighted by Gasteiger charge is 2.34. The third kappa shape index (κ3) is 2.74. The van der Waals surface area contributed by atoms with Crippen molar-refractivity contribution in [2.75, 3.05) is 19.8 Å². The van der Waals surface area contributed by atoms with Gasteiger partial charge in [0.2, 0.25) is 5.91 Å². The van der Waals surface area contributed by atoms with Crippen LogP contribution in [0.5, 0.6) is 0 Å². The quantitative estimate of drug-likeness (QED) is 0.743. The Hall–Kier alpha value is -0.610. The first-order chi connectivity index (χ1) is 7.59. The first-order valence-corrected chi connectivity index (χ1v) is 6.20. The van der Waals surface area contributed by atoms with E-state index in [9.17, 15) is 4.79 Å². The number of nitrogens with two attached hydrogens (primary N) is 1. The number of carbonyl (C=O) groups excluding carboxylic acids is 1. The van der Waals surface area contributed by atoms with Crippen molar-refractivity contribution in [2.45, 2.75) is 38.6 Å². The molecule has 1 saturated carbocycles. The second-order valence-corrected chi connectivity index (χ2v) is 5.63. The maximum absolute atomic E-state index is 11.9. The van der Waals surface area contributed by atoms with Crippen molar-refractivity contribution in [3.05, 3.63) is 0 Å². The SMILES string of the molecule is CC1(CNC(=O)C2CCC(N)CC2)COC1. The number of amides is 1. The third-order valence-electron chi connectivity index (χ3n) is 3.73. The van der Waals surface area contributed by atoms with Gasteiger partial charge in [-0.2, -0.15) is 0 Å². The van der Waals surface area contributed by atoms with Crippen molar-refractivity contribution in [3.8, 4) is 0 Å². The minimum Gasteiger partial charge on any atom is -0.380 e. The largest absolute Gasteiger partial charge is 0.380 e. The second-order valence-electron chi connectivity index (χ2n) is 5.63. The molecule has 1 heterocycles. The Morgan fingerprint density at radius 1 is 1.38 bits per heavy atom. The molecule has 4 heteroatoms. The molecule has 1 amide bonds. The lowest BCUT2D eigenvalue weighted by atomic mass is 9.85. The van der Waals surface area contributed by atoms with E-state index in [1.165, 1.54) is 0 Å². The Labute approximate surface area is 96.9 Å². The zero-order valence-electron chi connectivity index (χ0n) is 10.00. The van der Waals surface area contributed by atoms with Gasteiger partial charge in [0.25, 0.3) is 0 Å². The van der Waals surface area contributed by atoms with Crippen molar-refractivity contribution in [2.24, 2.45) is 17.1 Å². The van der Waals surface area contributed by atoms with Crippen LogP contribution in [-0.4, -0.2) is 31.7 Å². The summed E-state index contributed by atoms with van der Waals surface area (Å²) in [5, 5.41) is 3.05. The summed E-state index contributed by atoms with van der Waals surface area (Å²) < 4.78 is 5.16. The summed E-state index contributed by atoms with van der Waals surface area (Å²) in [6.45, 7) is 4.42. The Bertz CT molecular complexity index is 256. The van der Waals surface area contributed by atoms with Gasteiger partial charge in [0.05, 0.1) is 13.2 Å². The van der Waals surface area contributed by atoms with Gasteiger partial charge in [-0.3, -0.25) is 4.79 Å². The first kappa shape index (κ1) is 11.9. The van der Waals surface area contributed by atoms with Crippen LogP contribution in [0.3, 0.4) is 0 Å². The van der Waals surface area contributed by atoms with Crippen LogP contribution in [0, 0.1) is 11.3 Å². The van der Waals surface area contributed by atoms with Gasteiger partial charge in [0.15, 0.2) is 0 Å². The summed E-state index contributed by atoms with van der Waals surface area (Å²) >= 11 is 0. The molecule has 16 heavy (non-hydrogen) atoms.